The van der Waals surface area contributed by atoms with Crippen molar-refractivity contribution in [3.8, 4) is 11.1 Å². The fourth-order valence-corrected chi connectivity index (χ4v) is 4.02. The minimum Gasteiger partial charge on any atom is -0.443 e. The van der Waals surface area contributed by atoms with Crippen molar-refractivity contribution in [3.63, 3.8) is 0 Å². The Morgan fingerprint density at radius 1 is 0.967 bits per heavy atom. The monoisotopic (exact) mass is 404 g/mol. The molecule has 0 aliphatic heterocycles. The second kappa shape index (κ2) is 7.13. The first kappa shape index (κ1) is 19.9. The average Bonchev–Trinajstić information content (AvgIpc) is 2.97. The Morgan fingerprint density at radius 3 is 2.03 bits per heavy atom. The number of hydrogen-bond donors (Lipinski definition) is 0. The van der Waals surface area contributed by atoms with Crippen LogP contribution in [0, 0.1) is 6.92 Å². The predicted molar refractivity (Wildman–Crippen MR) is 115 cm³/mol. The lowest BCUT2D eigenvalue weighted by Crippen LogP contribution is -2.46. The Hall–Kier alpha value is -3.41. The molecule has 0 atom stereocenters. The maximum absolute atomic E-state index is 13.2. The van der Waals surface area contributed by atoms with Crippen LogP contribution < -0.4 is 11.2 Å². The standard InChI is InChI=1S/C24H24N2O4/c1-15-13-21(27)26(23(29)30-24(2,3)4)22(28)25(15)14-20-18-11-7-5-9-16(18)17-10-6-8-12-19(17)20/h5-13,20H,14H2,1-4H3. The molecule has 0 saturated heterocycles. The van der Waals surface area contributed by atoms with Gasteiger partial charge in [-0.1, -0.05) is 48.5 Å². The van der Waals surface area contributed by atoms with E-state index in [9.17, 15) is 14.4 Å². The second-order valence-corrected chi connectivity index (χ2v) is 8.56. The van der Waals surface area contributed by atoms with E-state index in [4.69, 9.17) is 4.74 Å². The highest BCUT2D eigenvalue weighted by Crippen LogP contribution is 2.45. The molecule has 1 aliphatic carbocycles. The van der Waals surface area contributed by atoms with E-state index in [0.717, 1.165) is 22.3 Å². The lowest BCUT2D eigenvalue weighted by atomic mass is 9.97. The topological polar surface area (TPSA) is 70.3 Å². The van der Waals surface area contributed by atoms with Gasteiger partial charge >= 0.3 is 11.8 Å². The number of benzene rings is 2. The summed E-state index contributed by atoms with van der Waals surface area (Å²) in [5.41, 5.74) is 2.86. The van der Waals surface area contributed by atoms with Crippen LogP contribution >= 0.6 is 0 Å². The summed E-state index contributed by atoms with van der Waals surface area (Å²) >= 11 is 0. The third-order valence-corrected chi connectivity index (χ3v) is 5.30. The Labute approximate surface area is 174 Å². The molecule has 1 aliphatic rings. The summed E-state index contributed by atoms with van der Waals surface area (Å²) in [5, 5.41) is 0. The van der Waals surface area contributed by atoms with Gasteiger partial charge in [-0.3, -0.25) is 9.36 Å². The molecular formula is C24H24N2O4. The quantitative estimate of drug-likeness (QED) is 0.649. The molecule has 0 unspecified atom stereocenters. The van der Waals surface area contributed by atoms with Gasteiger partial charge in [-0.2, -0.15) is 4.57 Å². The van der Waals surface area contributed by atoms with Crippen molar-refractivity contribution in [2.24, 2.45) is 0 Å². The van der Waals surface area contributed by atoms with Crippen LogP contribution in [0.5, 0.6) is 0 Å². The van der Waals surface area contributed by atoms with Crippen molar-refractivity contribution in [1.82, 2.24) is 9.13 Å². The number of carbonyl (C=O) groups is 1. The summed E-state index contributed by atoms with van der Waals surface area (Å²) in [6.07, 6.45) is -0.960. The van der Waals surface area contributed by atoms with Gasteiger partial charge < -0.3 is 4.74 Å². The van der Waals surface area contributed by atoms with Crippen LogP contribution in [0.1, 0.15) is 43.5 Å². The molecule has 6 heteroatoms. The Bertz CT molecular complexity index is 1220. The molecule has 1 heterocycles. The second-order valence-electron chi connectivity index (χ2n) is 8.56. The van der Waals surface area contributed by atoms with Gasteiger partial charge in [0.2, 0.25) is 0 Å². The Morgan fingerprint density at radius 2 is 1.50 bits per heavy atom. The molecule has 2 aromatic carbocycles. The van der Waals surface area contributed by atoms with Crippen molar-refractivity contribution < 1.29 is 9.53 Å². The van der Waals surface area contributed by atoms with Gasteiger partial charge in [0.05, 0.1) is 0 Å². The zero-order valence-electron chi connectivity index (χ0n) is 17.5. The highest BCUT2D eigenvalue weighted by Gasteiger charge is 2.30. The average molecular weight is 404 g/mol. The van der Waals surface area contributed by atoms with E-state index in [1.54, 1.807) is 27.7 Å². The SMILES string of the molecule is Cc1cc(=O)n(C(=O)OC(C)(C)C)c(=O)n1CC1c2ccccc2-c2ccccc21. The minimum absolute atomic E-state index is 0.0570. The van der Waals surface area contributed by atoms with Gasteiger partial charge in [-0.15, -0.1) is 0 Å². The molecule has 4 rings (SSSR count). The molecule has 30 heavy (non-hydrogen) atoms. The van der Waals surface area contributed by atoms with Crippen LogP contribution in [0.2, 0.25) is 0 Å². The molecule has 0 saturated carbocycles. The van der Waals surface area contributed by atoms with Crippen LogP contribution in [0.15, 0.2) is 64.2 Å². The lowest BCUT2D eigenvalue weighted by molar-refractivity contribution is 0.0519. The molecule has 0 N–H and O–H groups in total. The summed E-state index contributed by atoms with van der Waals surface area (Å²) < 4.78 is 7.33. The van der Waals surface area contributed by atoms with Crippen LogP contribution in [-0.2, 0) is 11.3 Å². The number of aromatic nitrogens is 2. The number of fused-ring (bicyclic) bond motifs is 3. The first-order valence-corrected chi connectivity index (χ1v) is 9.92. The minimum atomic E-state index is -0.960. The van der Waals surface area contributed by atoms with Gasteiger partial charge in [0, 0.05) is 24.2 Å². The number of carbonyl (C=O) groups excluding carboxylic acids is 1. The van der Waals surface area contributed by atoms with Gasteiger partial charge in [-0.25, -0.2) is 9.59 Å². The zero-order valence-corrected chi connectivity index (χ0v) is 17.5. The Kier molecular flexibility index (Phi) is 4.73. The fraction of sp³-hybridized carbons (Fsp3) is 0.292. The summed E-state index contributed by atoms with van der Waals surface area (Å²) in [7, 11) is 0. The summed E-state index contributed by atoms with van der Waals surface area (Å²) in [4.78, 5) is 38.1. The summed E-state index contributed by atoms with van der Waals surface area (Å²) in [6.45, 7) is 7.09. The smallest absolute Gasteiger partial charge is 0.425 e. The molecule has 0 bridgehead atoms. The number of nitrogens with zero attached hydrogens (tertiary/aromatic N) is 2. The molecular weight excluding hydrogens is 380 g/mol. The molecule has 0 spiro atoms. The van der Waals surface area contributed by atoms with Gasteiger partial charge in [-0.05, 0) is 49.9 Å². The van der Waals surface area contributed by atoms with E-state index in [-0.39, 0.29) is 5.92 Å². The van der Waals surface area contributed by atoms with E-state index in [1.807, 2.05) is 24.3 Å². The van der Waals surface area contributed by atoms with Crippen LogP contribution in [-0.4, -0.2) is 20.8 Å². The van der Waals surface area contributed by atoms with Gasteiger partial charge in [0.15, 0.2) is 0 Å². The first-order chi connectivity index (χ1) is 14.2. The maximum atomic E-state index is 13.2. The molecule has 0 fully saturated rings. The van der Waals surface area contributed by atoms with Crippen molar-refractivity contribution in [1.29, 1.82) is 0 Å². The van der Waals surface area contributed by atoms with Gasteiger partial charge in [0.25, 0.3) is 5.56 Å². The normalized spacial score (nSPS) is 13.1. The predicted octanol–water partition coefficient (Wildman–Crippen LogP) is 3.91. The fourth-order valence-electron chi connectivity index (χ4n) is 4.02. The van der Waals surface area contributed by atoms with Crippen molar-refractivity contribution in [3.05, 3.63) is 92.3 Å². The van der Waals surface area contributed by atoms with Crippen LogP contribution in [0.25, 0.3) is 11.1 Å². The molecule has 0 amide bonds. The number of aryl methyl sites for hydroxylation is 1. The van der Waals surface area contributed by atoms with Crippen molar-refractivity contribution in [2.75, 3.05) is 0 Å². The highest BCUT2D eigenvalue weighted by molar-refractivity contribution is 5.78. The van der Waals surface area contributed by atoms with E-state index >= 15 is 0 Å². The number of hydrogen-bond acceptors (Lipinski definition) is 4. The largest absolute Gasteiger partial charge is 0.443 e. The van der Waals surface area contributed by atoms with Crippen molar-refractivity contribution in [2.45, 2.75) is 45.8 Å². The molecule has 0 radical (unpaired) electrons. The first-order valence-electron chi connectivity index (χ1n) is 9.92. The van der Waals surface area contributed by atoms with E-state index in [1.165, 1.54) is 10.6 Å². The molecule has 1 aromatic heterocycles. The van der Waals surface area contributed by atoms with E-state index < -0.39 is 22.9 Å². The molecule has 6 nitrogen and oxygen atoms in total. The van der Waals surface area contributed by atoms with Gasteiger partial charge in [0.1, 0.15) is 5.60 Å². The van der Waals surface area contributed by atoms with Crippen molar-refractivity contribution >= 4 is 6.09 Å². The highest BCUT2D eigenvalue weighted by atomic mass is 16.6. The number of rotatable bonds is 2. The summed E-state index contributed by atoms with van der Waals surface area (Å²) in [5.74, 6) is -0.0570. The van der Waals surface area contributed by atoms with Crippen LogP contribution in [0.4, 0.5) is 4.79 Å². The molecule has 3 aromatic rings. The summed E-state index contributed by atoms with van der Waals surface area (Å²) in [6, 6.07) is 17.5. The zero-order chi connectivity index (χ0) is 21.6. The third-order valence-electron chi connectivity index (χ3n) is 5.30. The van der Waals surface area contributed by atoms with E-state index in [0.29, 0.717) is 16.8 Å². The van der Waals surface area contributed by atoms with Crippen LogP contribution in [0.3, 0.4) is 0 Å². The third kappa shape index (κ3) is 3.38. The lowest BCUT2D eigenvalue weighted by Gasteiger charge is -2.21. The van der Waals surface area contributed by atoms with E-state index in [2.05, 4.69) is 24.3 Å². The maximum Gasteiger partial charge on any atom is 0.425 e. The Balaban J connectivity index is 1.82. The molecule has 154 valence electrons. The number of ether oxygens (including phenoxy) is 1.